The van der Waals surface area contributed by atoms with E-state index in [2.05, 4.69) is 4.98 Å². The molecule has 2 fully saturated rings. The zero-order chi connectivity index (χ0) is 20.6. The summed E-state index contributed by atoms with van der Waals surface area (Å²) in [6, 6.07) is 9.13. The lowest BCUT2D eigenvalue weighted by Crippen LogP contribution is -2.33. The normalized spacial score (nSPS) is 31.9. The van der Waals surface area contributed by atoms with Crippen molar-refractivity contribution in [3.63, 3.8) is 0 Å². The Morgan fingerprint density at radius 1 is 1.21 bits per heavy atom. The van der Waals surface area contributed by atoms with Crippen LogP contribution in [0.25, 0.3) is 0 Å². The summed E-state index contributed by atoms with van der Waals surface area (Å²) in [5, 5.41) is 0. The van der Waals surface area contributed by atoms with Gasteiger partial charge in [0.1, 0.15) is 12.3 Å². The average Bonchev–Trinajstić information content (AvgIpc) is 3.05. The zero-order valence-corrected chi connectivity index (χ0v) is 17.0. The van der Waals surface area contributed by atoms with Gasteiger partial charge in [-0.25, -0.2) is 4.79 Å². The molecule has 10 heteroatoms. The van der Waals surface area contributed by atoms with Gasteiger partial charge in [-0.2, -0.15) is 0 Å². The van der Waals surface area contributed by atoms with Gasteiger partial charge in [0.25, 0.3) is 5.56 Å². The van der Waals surface area contributed by atoms with E-state index < -0.39 is 43.1 Å². The van der Waals surface area contributed by atoms with Crippen LogP contribution < -0.4 is 11.2 Å². The first-order chi connectivity index (χ1) is 13.9. The van der Waals surface area contributed by atoms with Gasteiger partial charge in [-0.05, 0) is 19.4 Å². The van der Waals surface area contributed by atoms with E-state index in [9.17, 15) is 14.2 Å². The summed E-state index contributed by atoms with van der Waals surface area (Å²) in [6.07, 6.45) is 0.201. The summed E-state index contributed by atoms with van der Waals surface area (Å²) in [5.74, 6) is -0.893. The SMILES string of the molecule is CCOP1(=O)OC[C@H]2O[C@@H](n3cc(C)c(=O)[nH]c3=O)C[C@H]2O[C@H]1c1ccccc1. The zero-order valence-electron chi connectivity index (χ0n) is 16.1. The van der Waals surface area contributed by atoms with Gasteiger partial charge in [-0.15, -0.1) is 0 Å². The first-order valence-electron chi connectivity index (χ1n) is 9.48. The first-order valence-corrected chi connectivity index (χ1v) is 11.1. The lowest BCUT2D eigenvalue weighted by molar-refractivity contribution is -0.0504. The Morgan fingerprint density at radius 3 is 2.69 bits per heavy atom. The number of aromatic nitrogens is 2. The highest BCUT2D eigenvalue weighted by molar-refractivity contribution is 7.54. The Kier molecular flexibility index (Phi) is 5.59. The average molecular weight is 422 g/mol. The molecule has 5 atom stereocenters. The number of hydrogen-bond acceptors (Lipinski definition) is 7. The minimum absolute atomic E-state index is 0.0128. The molecule has 0 bridgehead atoms. The van der Waals surface area contributed by atoms with Crippen LogP contribution in [-0.4, -0.2) is 35.0 Å². The third kappa shape index (κ3) is 3.89. The molecule has 0 saturated carbocycles. The minimum atomic E-state index is -3.58. The molecule has 1 N–H and O–H groups in total. The van der Waals surface area contributed by atoms with E-state index in [-0.39, 0.29) is 13.2 Å². The van der Waals surface area contributed by atoms with Crippen molar-refractivity contribution in [2.75, 3.05) is 13.2 Å². The van der Waals surface area contributed by atoms with Gasteiger partial charge in [0, 0.05) is 18.2 Å². The molecule has 2 aliphatic rings. The van der Waals surface area contributed by atoms with Gasteiger partial charge in [0.15, 0.2) is 5.85 Å². The molecule has 4 rings (SSSR count). The number of hydrogen-bond donors (Lipinski definition) is 1. The molecule has 1 aromatic carbocycles. The Hall–Kier alpha value is -2.03. The topological polar surface area (TPSA) is 109 Å². The van der Waals surface area contributed by atoms with Crippen molar-refractivity contribution in [3.8, 4) is 0 Å². The molecule has 0 radical (unpaired) electrons. The molecule has 1 unspecified atom stereocenters. The van der Waals surface area contributed by atoms with Gasteiger partial charge < -0.3 is 18.5 Å². The molecule has 156 valence electrons. The molecule has 0 spiro atoms. The molecular formula is C19H23N2O7P. The quantitative estimate of drug-likeness (QED) is 0.754. The number of nitrogens with one attached hydrogen (secondary N) is 1. The van der Waals surface area contributed by atoms with E-state index in [1.807, 2.05) is 30.3 Å². The fourth-order valence-electron chi connectivity index (χ4n) is 3.61. The van der Waals surface area contributed by atoms with Crippen molar-refractivity contribution in [2.45, 2.75) is 44.5 Å². The lowest BCUT2D eigenvalue weighted by Gasteiger charge is -2.26. The number of H-pyrrole nitrogens is 1. The Bertz CT molecular complexity index is 1030. The highest BCUT2D eigenvalue weighted by Gasteiger charge is 2.49. The molecule has 3 heterocycles. The van der Waals surface area contributed by atoms with E-state index in [0.717, 1.165) is 0 Å². The van der Waals surface area contributed by atoms with Crippen LogP contribution in [0.2, 0.25) is 0 Å². The highest BCUT2D eigenvalue weighted by atomic mass is 31.2. The van der Waals surface area contributed by atoms with Crippen LogP contribution in [0.15, 0.2) is 46.1 Å². The maximum atomic E-state index is 13.4. The number of fused-ring (bicyclic) bond motifs is 1. The van der Waals surface area contributed by atoms with Gasteiger partial charge in [-0.3, -0.25) is 18.9 Å². The van der Waals surface area contributed by atoms with Crippen molar-refractivity contribution < 1.29 is 23.1 Å². The van der Waals surface area contributed by atoms with E-state index in [1.54, 1.807) is 13.8 Å². The second-order valence-electron chi connectivity index (χ2n) is 7.03. The second kappa shape index (κ2) is 8.01. The third-order valence-electron chi connectivity index (χ3n) is 5.04. The molecule has 29 heavy (non-hydrogen) atoms. The van der Waals surface area contributed by atoms with Gasteiger partial charge >= 0.3 is 13.3 Å². The predicted molar refractivity (Wildman–Crippen MR) is 104 cm³/mol. The van der Waals surface area contributed by atoms with Crippen molar-refractivity contribution in [2.24, 2.45) is 0 Å². The summed E-state index contributed by atoms with van der Waals surface area (Å²) in [4.78, 5) is 26.1. The van der Waals surface area contributed by atoms with Gasteiger partial charge in [-0.1, -0.05) is 30.3 Å². The van der Waals surface area contributed by atoms with Crippen molar-refractivity contribution >= 4 is 7.60 Å². The number of aryl methyl sites for hydroxylation is 1. The highest BCUT2D eigenvalue weighted by Crippen LogP contribution is 2.64. The molecular weight excluding hydrogens is 399 g/mol. The fraction of sp³-hybridized carbons (Fsp3) is 0.474. The van der Waals surface area contributed by atoms with Crippen LogP contribution in [0.5, 0.6) is 0 Å². The third-order valence-corrected chi connectivity index (χ3v) is 7.16. The van der Waals surface area contributed by atoms with Crippen LogP contribution in [0.1, 0.15) is 36.5 Å². The number of rotatable bonds is 4. The Labute approximate surface area is 167 Å². The van der Waals surface area contributed by atoms with Crippen LogP contribution in [0.4, 0.5) is 0 Å². The van der Waals surface area contributed by atoms with E-state index >= 15 is 0 Å². The summed E-state index contributed by atoms with van der Waals surface area (Å²) < 4.78 is 38.1. The van der Waals surface area contributed by atoms with Gasteiger partial charge in [0.05, 0.1) is 19.3 Å². The Morgan fingerprint density at radius 2 is 1.97 bits per heavy atom. The molecule has 9 nitrogen and oxygen atoms in total. The van der Waals surface area contributed by atoms with Crippen molar-refractivity contribution in [1.29, 1.82) is 0 Å². The van der Waals surface area contributed by atoms with Crippen LogP contribution >= 0.6 is 7.60 Å². The van der Waals surface area contributed by atoms with Crippen molar-refractivity contribution in [1.82, 2.24) is 9.55 Å². The van der Waals surface area contributed by atoms with E-state index in [0.29, 0.717) is 17.5 Å². The number of nitrogens with zero attached hydrogens (tertiary/aromatic N) is 1. The standard InChI is InChI=1S/C19H23N2O7P/c1-3-25-29(24)18(13-7-5-4-6-8-13)28-14-9-16(27-15(14)11-26-29)21-10-12(2)17(22)20-19(21)23/h4-8,10,14-16,18H,3,9,11H2,1-2H3,(H,20,22,23)/t14-,15-,16-,18-,29?/m1/s1. The van der Waals surface area contributed by atoms with Crippen LogP contribution in [-0.2, 0) is 23.1 Å². The van der Waals surface area contributed by atoms with Crippen LogP contribution in [0.3, 0.4) is 0 Å². The van der Waals surface area contributed by atoms with Crippen molar-refractivity contribution in [3.05, 3.63) is 68.5 Å². The summed E-state index contributed by atoms with van der Waals surface area (Å²) in [7, 11) is -3.58. The molecule has 1 aromatic heterocycles. The second-order valence-corrected chi connectivity index (χ2v) is 9.10. The summed E-state index contributed by atoms with van der Waals surface area (Å²) in [5.41, 5.74) is 0.105. The number of benzene rings is 1. The minimum Gasteiger partial charge on any atom is -0.355 e. The first kappa shape index (κ1) is 20.3. The molecule has 0 aliphatic carbocycles. The fourth-order valence-corrected chi connectivity index (χ4v) is 5.52. The van der Waals surface area contributed by atoms with E-state index in [4.69, 9.17) is 18.5 Å². The number of aromatic amines is 1. The maximum Gasteiger partial charge on any atom is 0.363 e. The molecule has 2 aromatic rings. The smallest absolute Gasteiger partial charge is 0.355 e. The molecule has 2 aliphatic heterocycles. The van der Waals surface area contributed by atoms with Crippen LogP contribution in [0, 0.1) is 6.92 Å². The number of ether oxygens (including phenoxy) is 2. The Balaban J connectivity index is 1.63. The van der Waals surface area contributed by atoms with Gasteiger partial charge in [0.2, 0.25) is 0 Å². The monoisotopic (exact) mass is 422 g/mol. The molecule has 2 saturated heterocycles. The maximum absolute atomic E-state index is 13.4. The summed E-state index contributed by atoms with van der Waals surface area (Å²) in [6.45, 7) is 3.59. The largest absolute Gasteiger partial charge is 0.363 e. The van der Waals surface area contributed by atoms with E-state index in [1.165, 1.54) is 10.8 Å². The lowest BCUT2D eigenvalue weighted by atomic mass is 10.1. The molecule has 0 amide bonds. The summed E-state index contributed by atoms with van der Waals surface area (Å²) >= 11 is 0. The predicted octanol–water partition coefficient (Wildman–Crippen LogP) is 2.48.